The fraction of sp³-hybridized carbons (Fsp3) is 0.833. The molecule has 1 aliphatic carbocycles. The second-order valence-electron chi connectivity index (χ2n) is 5.47. The molecule has 1 aliphatic heterocycles. The van der Waals surface area contributed by atoms with E-state index in [-0.39, 0.29) is 18.9 Å². The number of carbonyl (C=O) groups is 2. The largest absolute Gasteiger partial charge is 0.480 e. The molecule has 0 aromatic heterocycles. The van der Waals surface area contributed by atoms with Gasteiger partial charge in [0.15, 0.2) is 0 Å². The lowest BCUT2D eigenvalue weighted by atomic mass is 9.87. The topological polar surface area (TPSA) is 77.8 Å². The number of aliphatic hydroxyl groups excluding tert-OH is 1. The first-order chi connectivity index (χ1) is 7.94. The molecule has 2 N–H and O–H groups in total. The first-order valence-electron chi connectivity index (χ1n) is 6.16. The minimum absolute atomic E-state index is 0.0982. The Morgan fingerprint density at radius 3 is 2.41 bits per heavy atom. The highest BCUT2D eigenvalue weighted by Crippen LogP contribution is 2.40. The zero-order valence-electron chi connectivity index (χ0n) is 10.1. The lowest BCUT2D eigenvalue weighted by molar-refractivity contribution is -0.152. The number of carboxylic acid groups (broad SMARTS) is 1. The van der Waals surface area contributed by atoms with Crippen LogP contribution in [0, 0.1) is 5.41 Å². The van der Waals surface area contributed by atoms with Crippen molar-refractivity contribution in [1.29, 1.82) is 0 Å². The van der Waals surface area contributed by atoms with Crippen LogP contribution in [0.3, 0.4) is 0 Å². The smallest absolute Gasteiger partial charge is 0.326 e. The Bertz CT molecular complexity index is 335. The predicted molar refractivity (Wildman–Crippen MR) is 60.3 cm³/mol. The molecule has 0 aromatic rings. The maximum atomic E-state index is 12.4. The number of carbonyl (C=O) groups excluding carboxylic acids is 1. The SMILES string of the molecule is CC1(C(=O)N2C[C@@H](O)C[C@H]2C(=O)O)CCCC1. The molecule has 0 aromatic carbocycles. The van der Waals surface area contributed by atoms with Crippen LogP contribution < -0.4 is 0 Å². The molecule has 1 heterocycles. The normalized spacial score (nSPS) is 31.8. The van der Waals surface area contributed by atoms with E-state index in [1.54, 1.807) is 0 Å². The molecule has 96 valence electrons. The molecule has 1 amide bonds. The highest BCUT2D eigenvalue weighted by molar-refractivity contribution is 5.88. The number of likely N-dealkylation sites (tertiary alicyclic amines) is 1. The van der Waals surface area contributed by atoms with Gasteiger partial charge in [-0.2, -0.15) is 0 Å². The third-order valence-electron chi connectivity index (χ3n) is 4.05. The Balaban J connectivity index is 2.15. The maximum absolute atomic E-state index is 12.4. The van der Waals surface area contributed by atoms with Crippen molar-refractivity contribution in [2.45, 2.75) is 51.2 Å². The summed E-state index contributed by atoms with van der Waals surface area (Å²) in [5.41, 5.74) is -0.419. The third-order valence-corrected chi connectivity index (χ3v) is 4.05. The van der Waals surface area contributed by atoms with Gasteiger partial charge < -0.3 is 15.1 Å². The fourth-order valence-corrected chi connectivity index (χ4v) is 2.99. The predicted octanol–water partition coefficient (Wildman–Crippen LogP) is 0.613. The summed E-state index contributed by atoms with van der Waals surface area (Å²) < 4.78 is 0. The van der Waals surface area contributed by atoms with Crippen molar-refractivity contribution in [3.63, 3.8) is 0 Å². The van der Waals surface area contributed by atoms with Gasteiger partial charge >= 0.3 is 5.97 Å². The van der Waals surface area contributed by atoms with Crippen molar-refractivity contribution < 1.29 is 19.8 Å². The highest BCUT2D eigenvalue weighted by atomic mass is 16.4. The van der Waals surface area contributed by atoms with Crippen molar-refractivity contribution in [2.24, 2.45) is 5.41 Å². The molecule has 2 rings (SSSR count). The van der Waals surface area contributed by atoms with Gasteiger partial charge in [-0.05, 0) is 12.8 Å². The van der Waals surface area contributed by atoms with Gasteiger partial charge in [-0.1, -0.05) is 19.8 Å². The molecule has 1 saturated carbocycles. The Morgan fingerprint density at radius 2 is 1.88 bits per heavy atom. The number of carboxylic acids is 1. The van der Waals surface area contributed by atoms with Crippen LogP contribution in [0.2, 0.25) is 0 Å². The molecular formula is C12H19NO4. The van der Waals surface area contributed by atoms with E-state index < -0.39 is 23.5 Å². The van der Waals surface area contributed by atoms with E-state index in [4.69, 9.17) is 5.11 Å². The van der Waals surface area contributed by atoms with Crippen LogP contribution in [-0.4, -0.2) is 45.7 Å². The summed E-state index contributed by atoms with van der Waals surface area (Å²) in [7, 11) is 0. The molecule has 0 unspecified atom stereocenters. The van der Waals surface area contributed by atoms with Gasteiger partial charge in [0, 0.05) is 18.4 Å². The first-order valence-corrected chi connectivity index (χ1v) is 6.16. The van der Waals surface area contributed by atoms with Crippen LogP contribution in [0.4, 0.5) is 0 Å². The lowest BCUT2D eigenvalue weighted by Crippen LogP contribution is -2.46. The summed E-state index contributed by atoms with van der Waals surface area (Å²) in [5.74, 6) is -1.12. The number of aliphatic carboxylic acids is 1. The van der Waals surface area contributed by atoms with Gasteiger partial charge in [-0.3, -0.25) is 4.79 Å². The summed E-state index contributed by atoms with van der Waals surface area (Å²) >= 11 is 0. The third kappa shape index (κ3) is 2.16. The van der Waals surface area contributed by atoms with Gasteiger partial charge in [0.05, 0.1) is 6.10 Å². The Hall–Kier alpha value is -1.10. The average Bonchev–Trinajstić information content (AvgIpc) is 2.84. The van der Waals surface area contributed by atoms with E-state index in [0.29, 0.717) is 0 Å². The molecule has 1 saturated heterocycles. The van der Waals surface area contributed by atoms with Gasteiger partial charge in [0.2, 0.25) is 5.91 Å². The van der Waals surface area contributed by atoms with Crippen LogP contribution in [0.15, 0.2) is 0 Å². The second-order valence-corrected chi connectivity index (χ2v) is 5.47. The average molecular weight is 241 g/mol. The van der Waals surface area contributed by atoms with Gasteiger partial charge in [-0.25, -0.2) is 4.79 Å². The Labute approximate surface area is 100 Å². The lowest BCUT2D eigenvalue weighted by Gasteiger charge is -2.31. The van der Waals surface area contributed by atoms with Crippen molar-refractivity contribution in [3.8, 4) is 0 Å². The minimum Gasteiger partial charge on any atom is -0.480 e. The van der Waals surface area contributed by atoms with Crippen molar-refractivity contribution in [1.82, 2.24) is 4.90 Å². The minimum atomic E-state index is -1.02. The summed E-state index contributed by atoms with van der Waals surface area (Å²) in [5, 5.41) is 18.6. The molecule has 17 heavy (non-hydrogen) atoms. The Morgan fingerprint density at radius 1 is 1.29 bits per heavy atom. The molecule has 0 bridgehead atoms. The number of amides is 1. The number of aliphatic hydroxyl groups is 1. The molecule has 2 atom stereocenters. The van der Waals surface area contributed by atoms with E-state index in [2.05, 4.69) is 0 Å². The van der Waals surface area contributed by atoms with Crippen molar-refractivity contribution in [3.05, 3.63) is 0 Å². The molecule has 2 aliphatic rings. The number of hydrogen-bond acceptors (Lipinski definition) is 3. The van der Waals surface area contributed by atoms with Crippen LogP contribution in [0.5, 0.6) is 0 Å². The van der Waals surface area contributed by atoms with E-state index in [1.807, 2.05) is 6.92 Å². The van der Waals surface area contributed by atoms with Crippen molar-refractivity contribution in [2.75, 3.05) is 6.54 Å². The summed E-state index contributed by atoms with van der Waals surface area (Å²) in [6.07, 6.45) is 3.14. The highest BCUT2D eigenvalue weighted by Gasteiger charge is 2.46. The number of nitrogens with zero attached hydrogens (tertiary/aromatic N) is 1. The maximum Gasteiger partial charge on any atom is 0.326 e. The van der Waals surface area contributed by atoms with Gasteiger partial charge in [0.1, 0.15) is 6.04 Å². The quantitative estimate of drug-likeness (QED) is 0.742. The standard InChI is InChI=1S/C12H19NO4/c1-12(4-2-3-5-12)11(17)13-7-8(14)6-9(13)10(15)16/h8-9,14H,2-7H2,1H3,(H,15,16)/t8-,9-/m0/s1. The van der Waals surface area contributed by atoms with Crippen LogP contribution in [0.25, 0.3) is 0 Å². The van der Waals surface area contributed by atoms with Crippen LogP contribution >= 0.6 is 0 Å². The van der Waals surface area contributed by atoms with E-state index in [1.165, 1.54) is 4.90 Å². The monoisotopic (exact) mass is 241 g/mol. The van der Waals surface area contributed by atoms with Crippen molar-refractivity contribution >= 4 is 11.9 Å². The summed E-state index contributed by atoms with van der Waals surface area (Å²) in [6.45, 7) is 2.07. The number of rotatable bonds is 2. The van der Waals surface area contributed by atoms with Crippen LogP contribution in [-0.2, 0) is 9.59 Å². The zero-order chi connectivity index (χ0) is 12.6. The fourth-order valence-electron chi connectivity index (χ4n) is 2.99. The molecule has 0 radical (unpaired) electrons. The van der Waals surface area contributed by atoms with Gasteiger partial charge in [0.25, 0.3) is 0 Å². The molecule has 5 nitrogen and oxygen atoms in total. The zero-order valence-corrected chi connectivity index (χ0v) is 10.1. The number of hydrogen-bond donors (Lipinski definition) is 2. The first kappa shape index (κ1) is 12.4. The van der Waals surface area contributed by atoms with Crippen LogP contribution in [0.1, 0.15) is 39.0 Å². The summed E-state index contributed by atoms with van der Waals surface area (Å²) in [6, 6.07) is -0.852. The molecular weight excluding hydrogens is 222 g/mol. The van der Waals surface area contributed by atoms with E-state index in [0.717, 1.165) is 25.7 Å². The van der Waals surface area contributed by atoms with Gasteiger partial charge in [-0.15, -0.1) is 0 Å². The Kier molecular flexibility index (Phi) is 3.12. The number of β-amino-alcohol motifs (C(OH)–C–C–N with tert-alkyl or cyclic N) is 1. The van der Waals surface area contributed by atoms with E-state index in [9.17, 15) is 14.7 Å². The molecule has 5 heteroatoms. The van der Waals surface area contributed by atoms with E-state index >= 15 is 0 Å². The molecule has 2 fully saturated rings. The molecule has 0 spiro atoms. The second kappa shape index (κ2) is 4.29. The summed E-state index contributed by atoms with van der Waals surface area (Å²) in [4.78, 5) is 24.8.